The van der Waals surface area contributed by atoms with Gasteiger partial charge in [0.15, 0.2) is 4.34 Å². The van der Waals surface area contributed by atoms with Crippen LogP contribution in [-0.2, 0) is 4.79 Å². The molecule has 0 radical (unpaired) electrons. The van der Waals surface area contributed by atoms with Crippen LogP contribution in [0.15, 0.2) is 22.5 Å². The van der Waals surface area contributed by atoms with Gasteiger partial charge in [0, 0.05) is 11.7 Å². The average molecular weight is 293 g/mol. The monoisotopic (exact) mass is 293 g/mol. The van der Waals surface area contributed by atoms with Crippen molar-refractivity contribution in [1.82, 2.24) is 10.3 Å². The molecule has 19 heavy (non-hydrogen) atoms. The Morgan fingerprint density at radius 1 is 1.53 bits per heavy atom. The number of hydrogen-bond acceptors (Lipinski definition) is 5. The van der Waals surface area contributed by atoms with Crippen LogP contribution in [0.25, 0.3) is 10.2 Å². The molecule has 2 aromatic rings. The summed E-state index contributed by atoms with van der Waals surface area (Å²) in [5, 5.41) is 6.12. The Morgan fingerprint density at radius 2 is 2.37 bits per heavy atom. The molecule has 1 aromatic heterocycles. The van der Waals surface area contributed by atoms with E-state index in [1.165, 1.54) is 12.8 Å². The summed E-state index contributed by atoms with van der Waals surface area (Å²) >= 11 is 3.29. The second-order valence-electron chi connectivity index (χ2n) is 4.57. The van der Waals surface area contributed by atoms with Crippen LogP contribution in [-0.4, -0.2) is 29.7 Å². The minimum Gasteiger partial charge on any atom is -0.325 e. The Bertz CT molecular complexity index is 607. The first-order chi connectivity index (χ1) is 9.24. The van der Waals surface area contributed by atoms with Crippen molar-refractivity contribution in [3.05, 3.63) is 18.2 Å². The third kappa shape index (κ3) is 3.26. The van der Waals surface area contributed by atoms with Crippen LogP contribution in [0.5, 0.6) is 0 Å². The van der Waals surface area contributed by atoms with Gasteiger partial charge in [-0.15, -0.1) is 11.3 Å². The topological polar surface area (TPSA) is 54.0 Å². The Hall–Kier alpha value is -1.11. The van der Waals surface area contributed by atoms with E-state index < -0.39 is 0 Å². The molecular weight excluding hydrogens is 278 g/mol. The number of anilines is 1. The van der Waals surface area contributed by atoms with E-state index >= 15 is 0 Å². The molecule has 2 N–H and O–H groups in total. The SMILES string of the molecule is CSc1nc2ccc(NC(=O)CNC3CC3)cc2s1. The van der Waals surface area contributed by atoms with Gasteiger partial charge in [-0.2, -0.15) is 0 Å². The molecular formula is C13H15N3OS2. The number of aromatic nitrogens is 1. The van der Waals surface area contributed by atoms with Gasteiger partial charge < -0.3 is 10.6 Å². The Kier molecular flexibility index (Phi) is 3.72. The predicted molar refractivity (Wildman–Crippen MR) is 81.1 cm³/mol. The van der Waals surface area contributed by atoms with E-state index in [1.807, 2.05) is 24.5 Å². The normalized spacial score (nSPS) is 14.8. The highest BCUT2D eigenvalue weighted by Crippen LogP contribution is 2.29. The van der Waals surface area contributed by atoms with Crippen LogP contribution in [0.3, 0.4) is 0 Å². The summed E-state index contributed by atoms with van der Waals surface area (Å²) in [5.41, 5.74) is 1.83. The highest BCUT2D eigenvalue weighted by molar-refractivity contribution is 8.00. The van der Waals surface area contributed by atoms with E-state index in [1.54, 1.807) is 23.1 Å². The lowest BCUT2D eigenvalue weighted by atomic mass is 10.3. The Balaban J connectivity index is 1.67. The third-order valence-corrected chi connectivity index (χ3v) is 4.96. The summed E-state index contributed by atoms with van der Waals surface area (Å²) in [6.45, 7) is 0.390. The quantitative estimate of drug-likeness (QED) is 0.832. The molecule has 1 heterocycles. The van der Waals surface area contributed by atoms with E-state index in [2.05, 4.69) is 15.6 Å². The fourth-order valence-corrected chi connectivity index (χ4v) is 3.33. The largest absolute Gasteiger partial charge is 0.325 e. The number of hydrogen-bond donors (Lipinski definition) is 2. The summed E-state index contributed by atoms with van der Waals surface area (Å²) in [5.74, 6) is 0.0147. The number of amides is 1. The fraction of sp³-hybridized carbons (Fsp3) is 0.385. The molecule has 0 bridgehead atoms. The molecule has 1 amide bonds. The molecule has 4 nitrogen and oxygen atoms in total. The zero-order chi connectivity index (χ0) is 13.2. The predicted octanol–water partition coefficient (Wildman–Crippen LogP) is 2.71. The molecule has 0 saturated heterocycles. The van der Waals surface area contributed by atoms with E-state index in [4.69, 9.17) is 0 Å². The average Bonchev–Trinajstić information content (AvgIpc) is 3.14. The standard InChI is InChI=1S/C13H15N3OS2/c1-18-13-16-10-5-4-9(6-11(10)19-13)15-12(17)7-14-8-2-3-8/h4-6,8,14H,2-3,7H2,1H3,(H,15,17). The van der Waals surface area contributed by atoms with Gasteiger partial charge in [-0.3, -0.25) is 4.79 Å². The highest BCUT2D eigenvalue weighted by Gasteiger charge is 2.21. The van der Waals surface area contributed by atoms with Gasteiger partial charge >= 0.3 is 0 Å². The maximum atomic E-state index is 11.8. The number of benzene rings is 1. The zero-order valence-corrected chi connectivity index (χ0v) is 12.2. The summed E-state index contributed by atoms with van der Waals surface area (Å²) in [7, 11) is 0. The van der Waals surface area contributed by atoms with Crippen molar-refractivity contribution in [3.8, 4) is 0 Å². The second kappa shape index (κ2) is 5.48. The molecule has 0 unspecified atom stereocenters. The summed E-state index contributed by atoms with van der Waals surface area (Å²) in [6, 6.07) is 6.40. The van der Waals surface area contributed by atoms with Crippen LogP contribution in [0.4, 0.5) is 5.69 Å². The van der Waals surface area contributed by atoms with Crippen LogP contribution in [0.1, 0.15) is 12.8 Å². The second-order valence-corrected chi connectivity index (χ2v) is 6.65. The van der Waals surface area contributed by atoms with Crippen molar-refractivity contribution >= 4 is 44.9 Å². The minimum absolute atomic E-state index is 0.0147. The van der Waals surface area contributed by atoms with E-state index in [0.717, 1.165) is 20.2 Å². The molecule has 1 saturated carbocycles. The van der Waals surface area contributed by atoms with Crippen LogP contribution in [0, 0.1) is 0 Å². The number of nitrogens with zero attached hydrogens (tertiary/aromatic N) is 1. The summed E-state index contributed by atoms with van der Waals surface area (Å²) in [6.07, 6.45) is 4.40. The number of thioether (sulfide) groups is 1. The highest BCUT2D eigenvalue weighted by atomic mass is 32.2. The van der Waals surface area contributed by atoms with Gasteiger partial charge in [0.05, 0.1) is 16.8 Å². The first-order valence-corrected chi connectivity index (χ1v) is 8.26. The maximum Gasteiger partial charge on any atom is 0.238 e. The first-order valence-electron chi connectivity index (χ1n) is 6.22. The van der Waals surface area contributed by atoms with Crippen molar-refractivity contribution in [2.24, 2.45) is 0 Å². The van der Waals surface area contributed by atoms with Gasteiger partial charge in [0.1, 0.15) is 0 Å². The fourth-order valence-electron chi connectivity index (χ4n) is 1.80. The van der Waals surface area contributed by atoms with Crippen LogP contribution < -0.4 is 10.6 Å². The molecule has 1 aliphatic rings. The maximum absolute atomic E-state index is 11.8. The third-order valence-electron chi connectivity index (χ3n) is 2.96. The van der Waals surface area contributed by atoms with Gasteiger partial charge in [0.2, 0.25) is 5.91 Å². The molecule has 3 rings (SSSR count). The number of rotatable bonds is 5. The molecule has 0 aliphatic heterocycles. The number of thiazole rings is 1. The lowest BCUT2D eigenvalue weighted by molar-refractivity contribution is -0.115. The number of fused-ring (bicyclic) bond motifs is 1. The Labute approximate surface area is 120 Å². The summed E-state index contributed by atoms with van der Waals surface area (Å²) in [4.78, 5) is 16.2. The van der Waals surface area contributed by atoms with E-state index in [-0.39, 0.29) is 5.91 Å². The van der Waals surface area contributed by atoms with Crippen molar-refractivity contribution in [3.63, 3.8) is 0 Å². The van der Waals surface area contributed by atoms with Crippen LogP contribution in [0.2, 0.25) is 0 Å². The van der Waals surface area contributed by atoms with Gasteiger partial charge in [-0.05, 0) is 37.3 Å². The van der Waals surface area contributed by atoms with Gasteiger partial charge in [0.25, 0.3) is 0 Å². The van der Waals surface area contributed by atoms with Crippen molar-refractivity contribution < 1.29 is 4.79 Å². The molecule has 1 aromatic carbocycles. The molecule has 0 spiro atoms. The number of nitrogens with one attached hydrogen (secondary N) is 2. The molecule has 100 valence electrons. The van der Waals surface area contributed by atoms with Crippen LogP contribution >= 0.6 is 23.1 Å². The molecule has 0 atom stereocenters. The van der Waals surface area contributed by atoms with Gasteiger partial charge in [-0.1, -0.05) is 11.8 Å². The lowest BCUT2D eigenvalue weighted by Gasteiger charge is -2.05. The minimum atomic E-state index is 0.0147. The molecule has 1 fully saturated rings. The van der Waals surface area contributed by atoms with Crippen molar-refractivity contribution in [2.45, 2.75) is 23.2 Å². The first kappa shape index (κ1) is 12.9. The number of carbonyl (C=O) groups is 1. The smallest absolute Gasteiger partial charge is 0.238 e. The zero-order valence-electron chi connectivity index (χ0n) is 10.6. The van der Waals surface area contributed by atoms with Crippen molar-refractivity contribution in [2.75, 3.05) is 18.1 Å². The molecule has 6 heteroatoms. The lowest BCUT2D eigenvalue weighted by Crippen LogP contribution is -2.29. The summed E-state index contributed by atoms with van der Waals surface area (Å²) < 4.78 is 2.16. The number of carbonyl (C=O) groups excluding carboxylic acids is 1. The van der Waals surface area contributed by atoms with Gasteiger partial charge in [-0.25, -0.2) is 4.98 Å². The van der Waals surface area contributed by atoms with E-state index in [0.29, 0.717) is 12.6 Å². The van der Waals surface area contributed by atoms with E-state index in [9.17, 15) is 4.79 Å². The molecule has 1 aliphatic carbocycles. The Morgan fingerprint density at radius 3 is 3.11 bits per heavy atom. The van der Waals surface area contributed by atoms with Crippen molar-refractivity contribution in [1.29, 1.82) is 0 Å².